The average molecular weight is 675 g/mol. The zero-order valence-electron chi connectivity index (χ0n) is 30.9. The van der Waals surface area contributed by atoms with Crippen LogP contribution in [0.1, 0.15) is 102 Å². The van der Waals surface area contributed by atoms with E-state index in [-0.39, 0.29) is 0 Å². The van der Waals surface area contributed by atoms with Gasteiger partial charge in [0, 0.05) is 36.0 Å². The quantitative estimate of drug-likeness (QED) is 0.278. The number of fused-ring (bicyclic) bond motifs is 2. The summed E-state index contributed by atoms with van der Waals surface area (Å²) in [6.45, 7) is 3.41. The molecule has 9 rings (SSSR count). The summed E-state index contributed by atoms with van der Waals surface area (Å²) in [4.78, 5) is 2.75. The van der Waals surface area contributed by atoms with E-state index in [0.717, 1.165) is 37.9 Å². The summed E-state index contributed by atoms with van der Waals surface area (Å²) >= 11 is 0. The minimum absolute atomic E-state index is 0.373. The lowest BCUT2D eigenvalue weighted by molar-refractivity contribution is 0.120. The van der Waals surface area contributed by atoms with E-state index in [2.05, 4.69) is 115 Å². The van der Waals surface area contributed by atoms with Gasteiger partial charge in [0.1, 0.15) is 0 Å². The van der Waals surface area contributed by atoms with Gasteiger partial charge in [-0.2, -0.15) is 0 Å². The molecule has 2 N–H and O–H groups in total. The van der Waals surface area contributed by atoms with Gasteiger partial charge in [0.05, 0.1) is 5.70 Å². The van der Waals surface area contributed by atoms with E-state index in [1.807, 2.05) is 0 Å². The fourth-order valence-electron chi connectivity index (χ4n) is 11.7. The Bertz CT molecular complexity index is 1820. The molecule has 2 heteroatoms. The summed E-state index contributed by atoms with van der Waals surface area (Å²) in [6, 6.07) is 12.2. The molecule has 8 unspecified atom stereocenters. The van der Waals surface area contributed by atoms with E-state index in [9.17, 15) is 0 Å². The lowest BCUT2D eigenvalue weighted by Crippen LogP contribution is -2.47. The van der Waals surface area contributed by atoms with Crippen LogP contribution in [-0.2, 0) is 0 Å². The van der Waals surface area contributed by atoms with Crippen LogP contribution in [0.4, 0.5) is 0 Å². The van der Waals surface area contributed by atoms with Crippen LogP contribution in [0.15, 0.2) is 148 Å². The van der Waals surface area contributed by atoms with Crippen molar-refractivity contribution >= 4 is 0 Å². The highest BCUT2D eigenvalue weighted by Gasteiger charge is 2.49. The van der Waals surface area contributed by atoms with Crippen molar-refractivity contribution in [3.63, 3.8) is 0 Å². The van der Waals surface area contributed by atoms with Crippen LogP contribution in [0, 0.1) is 35.5 Å². The van der Waals surface area contributed by atoms with Gasteiger partial charge in [0.25, 0.3) is 0 Å². The van der Waals surface area contributed by atoms with Crippen molar-refractivity contribution in [2.24, 2.45) is 41.2 Å². The van der Waals surface area contributed by atoms with Gasteiger partial charge in [0.2, 0.25) is 0 Å². The molecule has 0 bridgehead atoms. The normalized spacial score (nSPS) is 34.1. The fraction of sp³-hybridized carbons (Fsp3) is 0.469. The molecule has 0 spiro atoms. The van der Waals surface area contributed by atoms with Crippen molar-refractivity contribution in [3.05, 3.63) is 154 Å². The number of nitrogens with zero attached hydrogens (tertiary/aromatic N) is 1. The number of rotatable bonds is 8. The smallest absolute Gasteiger partial charge is 0.0556 e. The first kappa shape index (κ1) is 33.1. The summed E-state index contributed by atoms with van der Waals surface area (Å²) in [5.41, 5.74) is 20.6. The Morgan fingerprint density at radius 2 is 1.61 bits per heavy atom. The first-order valence-electron chi connectivity index (χ1n) is 20.8. The SMILES string of the molecule is CCCN(C1=C(N)CCC=C1)C1CCC=CC1C1C=CCCC1C1C=C(C2C=CCCC2)C2=C(C3=CCCC4CC=CC2=C34)C1c1ccccc1. The summed E-state index contributed by atoms with van der Waals surface area (Å²) in [5, 5.41) is 0. The number of nitrogens with two attached hydrogens (primary N) is 1. The maximum atomic E-state index is 6.82. The van der Waals surface area contributed by atoms with Crippen LogP contribution >= 0.6 is 0 Å². The van der Waals surface area contributed by atoms with E-state index in [1.54, 1.807) is 33.4 Å². The molecule has 0 aromatic heterocycles. The maximum absolute atomic E-state index is 6.82. The Labute approximate surface area is 307 Å². The Hall–Kier alpha value is -3.78. The first-order valence-corrected chi connectivity index (χ1v) is 20.8. The third-order valence-corrected chi connectivity index (χ3v) is 13.8. The standard InChI is InChI=1S/C49H58N2/c1-2-31-51(45-30-14-12-28-43(45)50)44-29-13-11-25-38(44)36-23-9-10-24-37(36)42-32-41(33-17-5-3-6-18-33)48-39-26-15-21-34-22-16-27-40(46(34)39)49(48)47(42)35-19-7-4-8-20-35/h4-5,7-9,11,14-15,17,19-20,23,25-27,30,32-34,36-38,42,44,47H,2-3,6,10,12-13,16,18,21-22,24,28-29,31,50H2,1H3. The first-order chi connectivity index (χ1) is 25.2. The minimum atomic E-state index is 0.373. The van der Waals surface area contributed by atoms with Gasteiger partial charge in [-0.05, 0) is 152 Å². The molecule has 0 saturated heterocycles. The molecule has 0 heterocycles. The van der Waals surface area contributed by atoms with Crippen LogP contribution in [0.5, 0.6) is 0 Å². The number of hydrogen-bond donors (Lipinski definition) is 1. The highest BCUT2D eigenvalue weighted by atomic mass is 15.2. The summed E-state index contributed by atoms with van der Waals surface area (Å²) in [5.74, 6) is 3.54. The highest BCUT2D eigenvalue weighted by Crippen LogP contribution is 2.61. The number of benzene rings is 1. The second-order valence-corrected chi connectivity index (χ2v) is 16.6. The van der Waals surface area contributed by atoms with E-state index in [4.69, 9.17) is 5.73 Å². The van der Waals surface area contributed by atoms with Crippen LogP contribution in [0.2, 0.25) is 0 Å². The Balaban J connectivity index is 1.19. The molecule has 51 heavy (non-hydrogen) atoms. The van der Waals surface area contributed by atoms with Crippen LogP contribution in [-0.4, -0.2) is 17.5 Å². The van der Waals surface area contributed by atoms with Crippen LogP contribution < -0.4 is 5.73 Å². The molecule has 8 aliphatic carbocycles. The summed E-state index contributed by atoms with van der Waals surface area (Å²) in [7, 11) is 0. The van der Waals surface area contributed by atoms with Gasteiger partial charge in [-0.1, -0.05) is 104 Å². The molecule has 0 amide bonds. The largest absolute Gasteiger partial charge is 0.400 e. The Morgan fingerprint density at radius 1 is 0.765 bits per heavy atom. The number of allylic oxidation sites excluding steroid dienone is 18. The molecule has 8 aliphatic rings. The van der Waals surface area contributed by atoms with E-state index in [1.165, 1.54) is 69.0 Å². The molecular formula is C49H58N2. The van der Waals surface area contributed by atoms with Crippen molar-refractivity contribution in [2.45, 2.75) is 102 Å². The topological polar surface area (TPSA) is 29.3 Å². The molecule has 8 atom stereocenters. The molecule has 1 aromatic carbocycles. The average Bonchev–Trinajstić information content (AvgIpc) is 3.53. The maximum Gasteiger partial charge on any atom is 0.0556 e. The summed E-state index contributed by atoms with van der Waals surface area (Å²) < 4.78 is 0. The molecule has 0 aliphatic heterocycles. The van der Waals surface area contributed by atoms with Gasteiger partial charge >= 0.3 is 0 Å². The Kier molecular flexibility index (Phi) is 9.29. The molecule has 0 radical (unpaired) electrons. The van der Waals surface area contributed by atoms with Gasteiger partial charge in [-0.25, -0.2) is 0 Å². The van der Waals surface area contributed by atoms with Crippen LogP contribution in [0.3, 0.4) is 0 Å². The van der Waals surface area contributed by atoms with Crippen molar-refractivity contribution < 1.29 is 0 Å². The van der Waals surface area contributed by atoms with Gasteiger partial charge in [-0.15, -0.1) is 0 Å². The summed E-state index contributed by atoms with van der Waals surface area (Å²) in [6.07, 6.45) is 46.2. The van der Waals surface area contributed by atoms with Crippen molar-refractivity contribution in [1.82, 2.24) is 4.90 Å². The highest BCUT2D eigenvalue weighted by molar-refractivity contribution is 5.78. The lowest BCUT2D eigenvalue weighted by Gasteiger charge is -2.49. The van der Waals surface area contributed by atoms with Crippen LogP contribution in [0.25, 0.3) is 0 Å². The Morgan fingerprint density at radius 3 is 2.43 bits per heavy atom. The number of hydrogen-bond acceptors (Lipinski definition) is 2. The third kappa shape index (κ3) is 5.86. The van der Waals surface area contributed by atoms with Gasteiger partial charge in [0.15, 0.2) is 0 Å². The molecule has 1 aromatic rings. The van der Waals surface area contributed by atoms with Crippen molar-refractivity contribution in [3.8, 4) is 0 Å². The zero-order chi connectivity index (χ0) is 34.3. The molecule has 0 fully saturated rings. The van der Waals surface area contributed by atoms with Gasteiger partial charge < -0.3 is 10.6 Å². The van der Waals surface area contributed by atoms with E-state index < -0.39 is 0 Å². The molecule has 264 valence electrons. The molecule has 2 nitrogen and oxygen atoms in total. The van der Waals surface area contributed by atoms with E-state index >= 15 is 0 Å². The van der Waals surface area contributed by atoms with Crippen molar-refractivity contribution in [2.75, 3.05) is 6.54 Å². The van der Waals surface area contributed by atoms with E-state index in [0.29, 0.717) is 47.5 Å². The second kappa shape index (κ2) is 14.3. The second-order valence-electron chi connectivity index (χ2n) is 16.6. The zero-order valence-corrected chi connectivity index (χ0v) is 30.9. The predicted octanol–water partition coefficient (Wildman–Crippen LogP) is 11.7. The minimum Gasteiger partial charge on any atom is -0.400 e. The third-order valence-electron chi connectivity index (χ3n) is 13.8. The fourth-order valence-corrected chi connectivity index (χ4v) is 11.7. The predicted molar refractivity (Wildman–Crippen MR) is 213 cm³/mol. The molecular weight excluding hydrogens is 617 g/mol. The van der Waals surface area contributed by atoms with Crippen molar-refractivity contribution in [1.29, 1.82) is 0 Å². The van der Waals surface area contributed by atoms with Gasteiger partial charge in [-0.3, -0.25) is 0 Å². The monoisotopic (exact) mass is 674 g/mol. The molecule has 0 saturated carbocycles. The lowest BCUT2D eigenvalue weighted by atomic mass is 9.58.